The number of anilines is 1. The van der Waals surface area contributed by atoms with Crippen LogP contribution in [0.15, 0.2) is 60.7 Å². The quantitative estimate of drug-likeness (QED) is 0.768. The Morgan fingerprint density at radius 3 is 2.37 bits per heavy atom. The highest BCUT2D eigenvalue weighted by atomic mass is 16.2. The van der Waals surface area contributed by atoms with Crippen LogP contribution in [0, 0.1) is 0 Å². The van der Waals surface area contributed by atoms with Crippen molar-refractivity contribution in [3.8, 4) is 0 Å². The van der Waals surface area contributed by atoms with Crippen molar-refractivity contribution in [2.24, 2.45) is 0 Å². The zero-order chi connectivity index (χ0) is 21.3. The van der Waals surface area contributed by atoms with Gasteiger partial charge in [0.2, 0.25) is 5.91 Å². The van der Waals surface area contributed by atoms with Crippen molar-refractivity contribution in [2.75, 3.05) is 58.7 Å². The molecule has 3 rings (SSSR count). The molecule has 0 unspecified atom stereocenters. The minimum Gasteiger partial charge on any atom is -0.345 e. The molecule has 30 heavy (non-hydrogen) atoms. The molecule has 158 valence electrons. The second-order valence-electron chi connectivity index (χ2n) is 7.72. The first-order valence-corrected chi connectivity index (χ1v) is 10.3. The van der Waals surface area contributed by atoms with Crippen molar-refractivity contribution >= 4 is 23.6 Å². The van der Waals surface area contributed by atoms with Gasteiger partial charge in [0.05, 0.1) is 6.54 Å². The Kier molecular flexibility index (Phi) is 7.76. The lowest BCUT2D eigenvalue weighted by Crippen LogP contribution is -2.48. The van der Waals surface area contributed by atoms with Gasteiger partial charge in [-0.25, -0.2) is 0 Å². The fraction of sp³-hybridized carbons (Fsp3) is 0.333. The van der Waals surface area contributed by atoms with Crippen LogP contribution in [0.2, 0.25) is 0 Å². The standard InChI is InChI=1S/C24H30N4O2/c1-26(2)24(30)21-11-6-12-22(18-21)25-23(29)19-28-16-14-27(15-17-28)13-7-10-20-8-4-3-5-9-20/h3-12,18H,13-17,19H2,1-2H3,(H,25,29)/b10-7+. The molecule has 0 spiro atoms. The van der Waals surface area contributed by atoms with E-state index in [4.69, 9.17) is 0 Å². The van der Waals surface area contributed by atoms with E-state index in [1.807, 2.05) is 18.2 Å². The second-order valence-corrected chi connectivity index (χ2v) is 7.72. The van der Waals surface area contributed by atoms with E-state index in [0.29, 0.717) is 17.8 Å². The first-order chi connectivity index (χ1) is 14.5. The Morgan fingerprint density at radius 1 is 0.967 bits per heavy atom. The maximum absolute atomic E-state index is 12.4. The van der Waals surface area contributed by atoms with Crippen LogP contribution < -0.4 is 5.32 Å². The van der Waals surface area contributed by atoms with Crippen LogP contribution in [0.5, 0.6) is 0 Å². The first-order valence-electron chi connectivity index (χ1n) is 10.3. The van der Waals surface area contributed by atoms with E-state index in [-0.39, 0.29) is 11.8 Å². The van der Waals surface area contributed by atoms with Crippen LogP contribution >= 0.6 is 0 Å². The number of carbonyl (C=O) groups is 2. The number of piperazine rings is 1. The fourth-order valence-corrected chi connectivity index (χ4v) is 3.42. The molecular formula is C24H30N4O2. The molecule has 2 aromatic rings. The molecule has 1 aliphatic heterocycles. The van der Waals surface area contributed by atoms with Gasteiger partial charge in [0, 0.05) is 58.1 Å². The smallest absolute Gasteiger partial charge is 0.253 e. The van der Waals surface area contributed by atoms with Crippen LogP contribution in [0.1, 0.15) is 15.9 Å². The van der Waals surface area contributed by atoms with Gasteiger partial charge in [0.25, 0.3) is 5.91 Å². The molecule has 0 bridgehead atoms. The topological polar surface area (TPSA) is 55.9 Å². The Hall–Kier alpha value is -2.96. The van der Waals surface area contributed by atoms with Gasteiger partial charge in [-0.05, 0) is 23.8 Å². The normalized spacial score (nSPS) is 15.3. The summed E-state index contributed by atoms with van der Waals surface area (Å²) in [4.78, 5) is 30.6. The van der Waals surface area contributed by atoms with Gasteiger partial charge in [-0.15, -0.1) is 0 Å². The molecule has 0 saturated carbocycles. The third kappa shape index (κ3) is 6.54. The van der Waals surface area contributed by atoms with Crippen molar-refractivity contribution in [1.82, 2.24) is 14.7 Å². The molecule has 1 fully saturated rings. The summed E-state index contributed by atoms with van der Waals surface area (Å²) in [6.07, 6.45) is 4.34. The summed E-state index contributed by atoms with van der Waals surface area (Å²) in [6, 6.07) is 17.4. The molecule has 6 heteroatoms. The number of hydrogen-bond donors (Lipinski definition) is 1. The number of nitrogens with zero attached hydrogens (tertiary/aromatic N) is 3. The molecule has 1 N–H and O–H groups in total. The highest BCUT2D eigenvalue weighted by Gasteiger charge is 2.18. The summed E-state index contributed by atoms with van der Waals surface area (Å²) in [5.74, 6) is -0.134. The molecule has 2 amide bonds. The van der Waals surface area contributed by atoms with E-state index in [9.17, 15) is 9.59 Å². The molecule has 1 heterocycles. The monoisotopic (exact) mass is 406 g/mol. The molecule has 1 aliphatic rings. The predicted octanol–water partition coefficient (Wildman–Crippen LogP) is 2.66. The third-order valence-corrected chi connectivity index (χ3v) is 5.11. The lowest BCUT2D eigenvalue weighted by Gasteiger charge is -2.33. The summed E-state index contributed by atoms with van der Waals surface area (Å²) in [6.45, 7) is 4.90. The predicted molar refractivity (Wildman–Crippen MR) is 121 cm³/mol. The number of nitrogens with one attached hydrogen (secondary N) is 1. The number of benzene rings is 2. The van der Waals surface area contributed by atoms with Gasteiger partial charge < -0.3 is 10.2 Å². The number of hydrogen-bond acceptors (Lipinski definition) is 4. The largest absolute Gasteiger partial charge is 0.345 e. The van der Waals surface area contributed by atoms with Crippen molar-refractivity contribution < 1.29 is 9.59 Å². The summed E-state index contributed by atoms with van der Waals surface area (Å²) in [7, 11) is 3.43. The zero-order valence-corrected chi connectivity index (χ0v) is 17.8. The minimum atomic E-state index is -0.0801. The van der Waals surface area contributed by atoms with Gasteiger partial charge >= 0.3 is 0 Å². The van der Waals surface area contributed by atoms with Crippen molar-refractivity contribution in [1.29, 1.82) is 0 Å². The van der Waals surface area contributed by atoms with E-state index >= 15 is 0 Å². The molecule has 0 atom stereocenters. The van der Waals surface area contributed by atoms with Crippen molar-refractivity contribution in [2.45, 2.75) is 0 Å². The first kappa shape index (κ1) is 21.7. The second kappa shape index (κ2) is 10.7. The average Bonchev–Trinajstić information content (AvgIpc) is 2.75. The fourth-order valence-electron chi connectivity index (χ4n) is 3.42. The molecular weight excluding hydrogens is 376 g/mol. The molecule has 2 aromatic carbocycles. The number of rotatable bonds is 7. The highest BCUT2D eigenvalue weighted by Crippen LogP contribution is 2.12. The van der Waals surface area contributed by atoms with Gasteiger partial charge in [-0.1, -0.05) is 48.6 Å². The number of carbonyl (C=O) groups excluding carboxylic acids is 2. The van der Waals surface area contributed by atoms with Gasteiger partial charge in [-0.3, -0.25) is 19.4 Å². The van der Waals surface area contributed by atoms with E-state index in [0.717, 1.165) is 32.7 Å². The Morgan fingerprint density at radius 2 is 1.67 bits per heavy atom. The molecule has 1 saturated heterocycles. The Bertz CT molecular complexity index is 872. The lowest BCUT2D eigenvalue weighted by atomic mass is 10.2. The molecule has 0 aromatic heterocycles. The van der Waals surface area contributed by atoms with Crippen molar-refractivity contribution in [3.63, 3.8) is 0 Å². The third-order valence-electron chi connectivity index (χ3n) is 5.11. The summed E-state index contributed by atoms with van der Waals surface area (Å²) >= 11 is 0. The maximum atomic E-state index is 12.4. The van der Waals surface area contributed by atoms with E-state index < -0.39 is 0 Å². The van der Waals surface area contributed by atoms with E-state index in [2.05, 4.69) is 39.4 Å². The summed E-state index contributed by atoms with van der Waals surface area (Å²) in [5, 5.41) is 2.91. The lowest BCUT2D eigenvalue weighted by molar-refractivity contribution is -0.117. The molecule has 0 aliphatic carbocycles. The van der Waals surface area contributed by atoms with Crippen LogP contribution in [-0.4, -0.2) is 79.9 Å². The van der Waals surface area contributed by atoms with Gasteiger partial charge in [-0.2, -0.15) is 0 Å². The average molecular weight is 407 g/mol. The molecule has 6 nitrogen and oxygen atoms in total. The van der Waals surface area contributed by atoms with Gasteiger partial charge in [0.1, 0.15) is 0 Å². The van der Waals surface area contributed by atoms with E-state index in [1.54, 1.807) is 38.4 Å². The van der Waals surface area contributed by atoms with Crippen LogP contribution in [0.3, 0.4) is 0 Å². The Labute approximate surface area is 178 Å². The maximum Gasteiger partial charge on any atom is 0.253 e. The number of amides is 2. The SMILES string of the molecule is CN(C)C(=O)c1cccc(NC(=O)CN2CCN(C/C=C/c3ccccc3)CC2)c1. The minimum absolute atomic E-state index is 0.0538. The van der Waals surface area contributed by atoms with Crippen LogP contribution in [-0.2, 0) is 4.79 Å². The zero-order valence-electron chi connectivity index (χ0n) is 17.8. The van der Waals surface area contributed by atoms with Gasteiger partial charge in [0.15, 0.2) is 0 Å². The molecule has 0 radical (unpaired) electrons. The van der Waals surface area contributed by atoms with Crippen LogP contribution in [0.25, 0.3) is 6.08 Å². The Balaban J connectivity index is 1.41. The van der Waals surface area contributed by atoms with Crippen molar-refractivity contribution in [3.05, 3.63) is 71.8 Å². The summed E-state index contributed by atoms with van der Waals surface area (Å²) in [5.41, 5.74) is 2.43. The van der Waals surface area contributed by atoms with E-state index in [1.165, 1.54) is 10.5 Å². The summed E-state index contributed by atoms with van der Waals surface area (Å²) < 4.78 is 0. The highest BCUT2D eigenvalue weighted by molar-refractivity contribution is 5.97. The van der Waals surface area contributed by atoms with Crippen LogP contribution in [0.4, 0.5) is 5.69 Å².